The van der Waals surface area contributed by atoms with Crippen LogP contribution in [0.25, 0.3) is 0 Å². The molecule has 142 valence electrons. The molecule has 0 bridgehead atoms. The number of piperazine rings is 1. The van der Waals surface area contributed by atoms with Gasteiger partial charge in [0.25, 0.3) is 0 Å². The van der Waals surface area contributed by atoms with Gasteiger partial charge in [0.2, 0.25) is 11.8 Å². The number of nitrogens with zero attached hydrogens (tertiary/aromatic N) is 2. The lowest BCUT2D eigenvalue weighted by atomic mass is 9.81. The minimum Gasteiger partial charge on any atom is -0.352 e. The van der Waals surface area contributed by atoms with Crippen molar-refractivity contribution in [2.75, 3.05) is 32.7 Å². The molecule has 25 heavy (non-hydrogen) atoms. The molecule has 0 radical (unpaired) electrons. The average molecular weight is 351 g/mol. The number of nitrogens with two attached hydrogens (primary N) is 1. The lowest BCUT2D eigenvalue weighted by Gasteiger charge is -2.41. The van der Waals surface area contributed by atoms with Crippen molar-refractivity contribution in [1.29, 1.82) is 0 Å². The zero-order valence-corrected chi connectivity index (χ0v) is 15.5. The van der Waals surface area contributed by atoms with Crippen LogP contribution in [-0.4, -0.2) is 65.9 Å². The first kappa shape index (κ1) is 18.6. The lowest BCUT2D eigenvalue weighted by Crippen LogP contribution is -2.60. The maximum absolute atomic E-state index is 12.8. The molecule has 2 aliphatic carbocycles. The minimum atomic E-state index is -0.640. The molecule has 2 saturated carbocycles. The van der Waals surface area contributed by atoms with Gasteiger partial charge in [-0.05, 0) is 25.7 Å². The molecule has 0 atom stereocenters. The van der Waals surface area contributed by atoms with E-state index in [0.717, 1.165) is 51.6 Å². The first-order valence-corrected chi connectivity index (χ1v) is 10.2. The zero-order chi connectivity index (χ0) is 17.7. The average Bonchev–Trinajstić information content (AvgIpc) is 2.63. The van der Waals surface area contributed by atoms with Gasteiger partial charge in [-0.1, -0.05) is 38.5 Å². The van der Waals surface area contributed by atoms with Crippen LogP contribution in [0.1, 0.15) is 64.2 Å². The van der Waals surface area contributed by atoms with Crippen LogP contribution in [-0.2, 0) is 9.59 Å². The summed E-state index contributed by atoms with van der Waals surface area (Å²) in [4.78, 5) is 29.1. The lowest BCUT2D eigenvalue weighted by molar-refractivity contribution is -0.140. The molecule has 0 unspecified atom stereocenters. The second-order valence-electron chi connectivity index (χ2n) is 8.19. The van der Waals surface area contributed by atoms with Crippen molar-refractivity contribution >= 4 is 11.8 Å². The quantitative estimate of drug-likeness (QED) is 0.800. The van der Waals surface area contributed by atoms with Crippen molar-refractivity contribution in [3.63, 3.8) is 0 Å². The van der Waals surface area contributed by atoms with E-state index < -0.39 is 5.54 Å². The number of amides is 2. The van der Waals surface area contributed by atoms with E-state index >= 15 is 0 Å². The molecule has 3 aliphatic rings. The Morgan fingerprint density at radius 2 is 1.52 bits per heavy atom. The molecule has 6 heteroatoms. The molecule has 0 spiro atoms. The predicted molar refractivity (Wildman–Crippen MR) is 98.0 cm³/mol. The highest BCUT2D eigenvalue weighted by Crippen LogP contribution is 2.28. The number of carbonyl (C=O) groups excluding carboxylic acids is 2. The normalized spacial score (nSPS) is 25.6. The molecule has 2 amide bonds. The maximum atomic E-state index is 12.8. The van der Waals surface area contributed by atoms with Crippen LogP contribution in [0.3, 0.4) is 0 Å². The molecule has 0 aromatic carbocycles. The van der Waals surface area contributed by atoms with Crippen LogP contribution in [0.15, 0.2) is 0 Å². The SMILES string of the molecule is NC1(C(=O)N2CCN(CC(=O)NC3CCCCC3)CC2)CCCCC1. The number of carbonyl (C=O) groups is 2. The number of hydrogen-bond donors (Lipinski definition) is 2. The fourth-order valence-electron chi connectivity index (χ4n) is 4.54. The van der Waals surface area contributed by atoms with E-state index in [-0.39, 0.29) is 11.8 Å². The van der Waals surface area contributed by atoms with Crippen LogP contribution in [0.4, 0.5) is 0 Å². The highest BCUT2D eigenvalue weighted by molar-refractivity contribution is 5.86. The molecule has 3 fully saturated rings. The summed E-state index contributed by atoms with van der Waals surface area (Å²) in [5.41, 5.74) is 5.74. The van der Waals surface area contributed by atoms with Crippen LogP contribution in [0.2, 0.25) is 0 Å². The van der Waals surface area contributed by atoms with E-state index in [1.807, 2.05) is 4.90 Å². The largest absolute Gasteiger partial charge is 0.352 e. The Morgan fingerprint density at radius 3 is 2.16 bits per heavy atom. The van der Waals surface area contributed by atoms with E-state index in [0.29, 0.717) is 25.7 Å². The van der Waals surface area contributed by atoms with E-state index in [2.05, 4.69) is 10.2 Å². The van der Waals surface area contributed by atoms with E-state index in [4.69, 9.17) is 5.73 Å². The molecule has 6 nitrogen and oxygen atoms in total. The molecule has 1 saturated heterocycles. The molecule has 1 aliphatic heterocycles. The summed E-state index contributed by atoms with van der Waals surface area (Å²) in [6, 6.07) is 0.368. The summed E-state index contributed by atoms with van der Waals surface area (Å²) in [6.45, 7) is 3.36. The Morgan fingerprint density at radius 1 is 0.920 bits per heavy atom. The summed E-state index contributed by atoms with van der Waals surface area (Å²) in [5.74, 6) is 0.257. The molecule has 0 aromatic rings. The number of hydrogen-bond acceptors (Lipinski definition) is 4. The number of rotatable bonds is 4. The van der Waals surface area contributed by atoms with Gasteiger partial charge in [0.05, 0.1) is 12.1 Å². The second kappa shape index (κ2) is 8.49. The molecule has 3 N–H and O–H groups in total. The van der Waals surface area contributed by atoms with Crippen molar-refractivity contribution in [3.8, 4) is 0 Å². The van der Waals surface area contributed by atoms with Crippen LogP contribution >= 0.6 is 0 Å². The van der Waals surface area contributed by atoms with E-state index in [9.17, 15) is 9.59 Å². The van der Waals surface area contributed by atoms with E-state index in [1.54, 1.807) is 0 Å². The molecule has 3 rings (SSSR count). The minimum absolute atomic E-state index is 0.124. The fourth-order valence-corrected chi connectivity index (χ4v) is 4.54. The van der Waals surface area contributed by atoms with Crippen molar-refractivity contribution < 1.29 is 9.59 Å². The standard InChI is InChI=1S/C19H34N4O2/c20-19(9-5-2-6-10-19)18(25)23-13-11-22(12-14-23)15-17(24)21-16-7-3-1-4-8-16/h16H,1-15,20H2,(H,21,24). The van der Waals surface area contributed by atoms with Gasteiger partial charge in [0.1, 0.15) is 0 Å². The van der Waals surface area contributed by atoms with Gasteiger partial charge in [-0.3, -0.25) is 14.5 Å². The third kappa shape index (κ3) is 4.94. The van der Waals surface area contributed by atoms with Crippen LogP contribution < -0.4 is 11.1 Å². The molecule has 0 aromatic heterocycles. The summed E-state index contributed by atoms with van der Waals surface area (Å²) >= 11 is 0. The van der Waals surface area contributed by atoms with Crippen LogP contribution in [0.5, 0.6) is 0 Å². The van der Waals surface area contributed by atoms with Gasteiger partial charge in [-0.25, -0.2) is 0 Å². The fraction of sp³-hybridized carbons (Fsp3) is 0.895. The van der Waals surface area contributed by atoms with Gasteiger partial charge < -0.3 is 16.0 Å². The van der Waals surface area contributed by atoms with Crippen molar-refractivity contribution in [2.24, 2.45) is 5.73 Å². The summed E-state index contributed by atoms with van der Waals surface area (Å²) < 4.78 is 0. The first-order chi connectivity index (χ1) is 12.1. The number of nitrogens with one attached hydrogen (secondary N) is 1. The van der Waals surface area contributed by atoms with Crippen molar-refractivity contribution in [3.05, 3.63) is 0 Å². The second-order valence-corrected chi connectivity index (χ2v) is 8.19. The van der Waals surface area contributed by atoms with Crippen LogP contribution in [0, 0.1) is 0 Å². The monoisotopic (exact) mass is 350 g/mol. The Hall–Kier alpha value is -1.14. The Kier molecular flexibility index (Phi) is 6.34. The summed E-state index contributed by atoms with van der Waals surface area (Å²) in [6.07, 6.45) is 10.9. The summed E-state index contributed by atoms with van der Waals surface area (Å²) in [5, 5.41) is 3.18. The highest BCUT2D eigenvalue weighted by atomic mass is 16.2. The zero-order valence-electron chi connectivity index (χ0n) is 15.5. The van der Waals surface area contributed by atoms with Gasteiger partial charge in [-0.2, -0.15) is 0 Å². The highest BCUT2D eigenvalue weighted by Gasteiger charge is 2.39. The van der Waals surface area contributed by atoms with Gasteiger partial charge in [0, 0.05) is 32.2 Å². The van der Waals surface area contributed by atoms with Gasteiger partial charge in [0.15, 0.2) is 0 Å². The Labute approximate surface area is 151 Å². The Balaban J connectivity index is 1.40. The van der Waals surface area contributed by atoms with Gasteiger partial charge >= 0.3 is 0 Å². The van der Waals surface area contributed by atoms with E-state index in [1.165, 1.54) is 25.7 Å². The predicted octanol–water partition coefficient (Wildman–Crippen LogP) is 1.24. The topological polar surface area (TPSA) is 78.7 Å². The van der Waals surface area contributed by atoms with Crippen molar-refractivity contribution in [2.45, 2.75) is 75.8 Å². The third-order valence-corrected chi connectivity index (χ3v) is 6.17. The van der Waals surface area contributed by atoms with Gasteiger partial charge in [-0.15, -0.1) is 0 Å². The molecular formula is C19H34N4O2. The first-order valence-electron chi connectivity index (χ1n) is 10.2. The smallest absolute Gasteiger partial charge is 0.242 e. The molecular weight excluding hydrogens is 316 g/mol. The molecule has 1 heterocycles. The van der Waals surface area contributed by atoms with Crippen molar-refractivity contribution in [1.82, 2.24) is 15.1 Å². The summed E-state index contributed by atoms with van der Waals surface area (Å²) in [7, 11) is 0. The third-order valence-electron chi connectivity index (χ3n) is 6.17. The maximum Gasteiger partial charge on any atom is 0.242 e. The Bertz CT molecular complexity index is 462.